The van der Waals surface area contributed by atoms with Gasteiger partial charge in [0.2, 0.25) is 5.91 Å². The van der Waals surface area contributed by atoms with Crippen molar-refractivity contribution in [1.82, 2.24) is 5.32 Å². The van der Waals surface area contributed by atoms with Crippen molar-refractivity contribution in [2.45, 2.75) is 57.4 Å². The van der Waals surface area contributed by atoms with Gasteiger partial charge < -0.3 is 5.32 Å². The minimum Gasteiger partial charge on any atom is -0.352 e. The van der Waals surface area contributed by atoms with E-state index in [-0.39, 0.29) is 28.9 Å². The molecule has 0 aromatic rings. The molecular weight excluding hydrogens is 286 g/mol. The average molecular weight is 311 g/mol. The Morgan fingerprint density at radius 2 is 1.62 bits per heavy atom. The number of hydrogen-bond acceptors (Lipinski definition) is 3. The summed E-state index contributed by atoms with van der Waals surface area (Å²) in [7, 11) is -2.91. The highest BCUT2D eigenvalue weighted by molar-refractivity contribution is 7.91. The molecule has 1 aliphatic heterocycles. The first-order valence-corrected chi connectivity index (χ1v) is 10.2. The highest BCUT2D eigenvalue weighted by atomic mass is 32.2. The van der Waals surface area contributed by atoms with Crippen LogP contribution >= 0.6 is 0 Å². The Morgan fingerprint density at radius 3 is 2.10 bits per heavy atom. The fourth-order valence-electron chi connectivity index (χ4n) is 6.03. The summed E-state index contributed by atoms with van der Waals surface area (Å²) >= 11 is 0. The molecule has 0 aromatic heterocycles. The molecule has 1 N–H and O–H groups in total. The van der Waals surface area contributed by atoms with Crippen LogP contribution < -0.4 is 5.32 Å². The Morgan fingerprint density at radius 1 is 1.05 bits per heavy atom. The monoisotopic (exact) mass is 311 g/mol. The first kappa shape index (κ1) is 14.0. The molecular formula is C16H25NO3S. The Hall–Kier alpha value is -0.580. The molecule has 5 aliphatic rings. The van der Waals surface area contributed by atoms with E-state index in [1.54, 1.807) is 0 Å². The molecule has 4 aliphatic carbocycles. The van der Waals surface area contributed by atoms with Crippen LogP contribution in [0.4, 0.5) is 0 Å². The number of amides is 1. The van der Waals surface area contributed by atoms with Crippen LogP contribution in [0.3, 0.4) is 0 Å². The summed E-state index contributed by atoms with van der Waals surface area (Å²) in [5.74, 6) is 3.04. The Labute approximate surface area is 127 Å². The minimum absolute atomic E-state index is 0.0963. The molecule has 5 rings (SSSR count). The van der Waals surface area contributed by atoms with Gasteiger partial charge in [0.15, 0.2) is 9.84 Å². The highest BCUT2D eigenvalue weighted by Crippen LogP contribution is 2.61. The van der Waals surface area contributed by atoms with Gasteiger partial charge in [-0.15, -0.1) is 0 Å². The predicted octanol–water partition coefficient (Wildman–Crippen LogP) is 1.90. The summed E-state index contributed by atoms with van der Waals surface area (Å²) in [4.78, 5) is 12.4. The van der Waals surface area contributed by atoms with Gasteiger partial charge >= 0.3 is 0 Å². The van der Waals surface area contributed by atoms with Crippen LogP contribution in [0.5, 0.6) is 0 Å². The van der Waals surface area contributed by atoms with Crippen LogP contribution in [0, 0.1) is 23.2 Å². The number of sulfone groups is 1. The topological polar surface area (TPSA) is 63.2 Å². The first-order valence-electron chi connectivity index (χ1n) is 8.41. The second kappa shape index (κ2) is 4.71. The molecule has 118 valence electrons. The van der Waals surface area contributed by atoms with E-state index in [9.17, 15) is 13.2 Å². The van der Waals surface area contributed by atoms with E-state index >= 15 is 0 Å². The molecule has 0 radical (unpaired) electrons. The van der Waals surface area contributed by atoms with Gasteiger partial charge in [-0.1, -0.05) is 0 Å². The third kappa shape index (κ3) is 2.73. The van der Waals surface area contributed by atoms with Crippen molar-refractivity contribution in [2.24, 2.45) is 23.2 Å². The van der Waals surface area contributed by atoms with Gasteiger partial charge in [0.25, 0.3) is 0 Å². The van der Waals surface area contributed by atoms with Crippen molar-refractivity contribution in [3.8, 4) is 0 Å². The maximum Gasteiger partial charge on any atom is 0.220 e. The van der Waals surface area contributed by atoms with Gasteiger partial charge in [-0.05, 0) is 68.1 Å². The van der Waals surface area contributed by atoms with E-state index < -0.39 is 9.84 Å². The van der Waals surface area contributed by atoms with Gasteiger partial charge in [0.05, 0.1) is 11.5 Å². The standard InChI is InChI=1S/C16H25NO3S/c18-15(17-14-1-2-21(19,20)10-14)9-16-6-11-3-12(7-16)5-13(4-11)8-16/h11-14H,1-10H2,(H,17,18). The molecule has 5 heteroatoms. The number of nitrogens with one attached hydrogen (secondary N) is 1. The predicted molar refractivity (Wildman–Crippen MR) is 80.4 cm³/mol. The zero-order chi connectivity index (χ0) is 14.7. The lowest BCUT2D eigenvalue weighted by Gasteiger charge is -2.56. The van der Waals surface area contributed by atoms with Crippen molar-refractivity contribution in [3.05, 3.63) is 0 Å². The van der Waals surface area contributed by atoms with Crippen LogP contribution in [-0.4, -0.2) is 31.9 Å². The van der Waals surface area contributed by atoms with Crippen LogP contribution in [0.25, 0.3) is 0 Å². The fourth-order valence-corrected chi connectivity index (χ4v) is 7.71. The van der Waals surface area contributed by atoms with Crippen LogP contribution in [0.2, 0.25) is 0 Å². The van der Waals surface area contributed by atoms with Gasteiger partial charge in [0, 0.05) is 12.5 Å². The molecule has 5 fully saturated rings. The van der Waals surface area contributed by atoms with E-state index in [4.69, 9.17) is 0 Å². The molecule has 4 saturated carbocycles. The maximum atomic E-state index is 12.4. The molecule has 1 heterocycles. The second-order valence-electron chi connectivity index (χ2n) is 8.26. The molecule has 4 nitrogen and oxygen atoms in total. The quantitative estimate of drug-likeness (QED) is 0.866. The van der Waals surface area contributed by atoms with E-state index in [1.165, 1.54) is 38.5 Å². The summed E-state index contributed by atoms with van der Waals surface area (Å²) in [5, 5.41) is 2.99. The first-order chi connectivity index (χ1) is 9.91. The summed E-state index contributed by atoms with van der Waals surface area (Å²) in [6, 6.07) is -0.142. The number of hydrogen-bond donors (Lipinski definition) is 1. The van der Waals surface area contributed by atoms with E-state index in [0.717, 1.165) is 17.8 Å². The maximum absolute atomic E-state index is 12.4. The largest absolute Gasteiger partial charge is 0.352 e. The zero-order valence-electron chi connectivity index (χ0n) is 12.5. The molecule has 0 spiro atoms. The molecule has 1 unspecified atom stereocenters. The van der Waals surface area contributed by atoms with Gasteiger partial charge in [-0.3, -0.25) is 4.79 Å². The average Bonchev–Trinajstić information content (AvgIpc) is 2.65. The Balaban J connectivity index is 1.39. The Kier molecular flexibility index (Phi) is 3.15. The molecule has 4 bridgehead atoms. The highest BCUT2D eigenvalue weighted by Gasteiger charge is 2.51. The van der Waals surface area contributed by atoms with Gasteiger partial charge in [-0.2, -0.15) is 0 Å². The lowest BCUT2D eigenvalue weighted by Crippen LogP contribution is -2.48. The Bertz CT molecular complexity index is 519. The van der Waals surface area contributed by atoms with E-state index in [0.29, 0.717) is 12.8 Å². The molecule has 0 aromatic carbocycles. The van der Waals surface area contributed by atoms with Crippen molar-refractivity contribution < 1.29 is 13.2 Å². The number of carbonyl (C=O) groups excluding carboxylic acids is 1. The molecule has 1 saturated heterocycles. The lowest BCUT2D eigenvalue weighted by atomic mass is 9.49. The van der Waals surface area contributed by atoms with Crippen LogP contribution in [-0.2, 0) is 14.6 Å². The molecule has 1 atom stereocenters. The smallest absolute Gasteiger partial charge is 0.220 e. The minimum atomic E-state index is -2.91. The lowest BCUT2D eigenvalue weighted by molar-refractivity contribution is -0.129. The molecule has 1 amide bonds. The summed E-state index contributed by atoms with van der Waals surface area (Å²) in [5.41, 5.74) is 0.246. The third-order valence-electron chi connectivity index (χ3n) is 6.30. The van der Waals surface area contributed by atoms with Crippen LogP contribution in [0.15, 0.2) is 0 Å². The van der Waals surface area contributed by atoms with Gasteiger partial charge in [-0.25, -0.2) is 8.42 Å². The second-order valence-corrected chi connectivity index (χ2v) is 10.5. The molecule has 21 heavy (non-hydrogen) atoms. The van der Waals surface area contributed by atoms with Crippen molar-refractivity contribution in [3.63, 3.8) is 0 Å². The van der Waals surface area contributed by atoms with Crippen molar-refractivity contribution >= 4 is 15.7 Å². The normalized spacial score (nSPS) is 46.7. The summed E-state index contributed by atoms with van der Waals surface area (Å²) < 4.78 is 23.0. The van der Waals surface area contributed by atoms with Crippen molar-refractivity contribution in [1.29, 1.82) is 0 Å². The summed E-state index contributed by atoms with van der Waals surface area (Å²) in [6.45, 7) is 0. The van der Waals surface area contributed by atoms with Crippen molar-refractivity contribution in [2.75, 3.05) is 11.5 Å². The SMILES string of the molecule is O=C(CC12CC3CC(CC(C3)C1)C2)NC1CCS(=O)(=O)C1. The number of rotatable bonds is 3. The zero-order valence-corrected chi connectivity index (χ0v) is 13.3. The van der Waals surface area contributed by atoms with Crippen LogP contribution in [0.1, 0.15) is 51.4 Å². The fraction of sp³-hybridized carbons (Fsp3) is 0.938. The number of carbonyl (C=O) groups is 1. The van der Waals surface area contributed by atoms with E-state index in [1.807, 2.05) is 0 Å². The summed E-state index contributed by atoms with van der Waals surface area (Å²) in [6.07, 6.45) is 9.09. The van der Waals surface area contributed by atoms with E-state index in [2.05, 4.69) is 5.32 Å². The third-order valence-corrected chi connectivity index (χ3v) is 8.07. The van der Waals surface area contributed by atoms with Gasteiger partial charge in [0.1, 0.15) is 0 Å².